The Hall–Kier alpha value is -2.37. The smallest absolute Gasteiger partial charge is 0.251 e. The Bertz CT molecular complexity index is 835. The largest absolute Gasteiger partial charge is 0.350 e. The molecule has 0 saturated heterocycles. The van der Waals surface area contributed by atoms with E-state index in [1.165, 1.54) is 24.8 Å². The second kappa shape index (κ2) is 8.83. The van der Waals surface area contributed by atoms with E-state index in [4.69, 9.17) is 23.2 Å². The van der Waals surface area contributed by atoms with Gasteiger partial charge < -0.3 is 10.2 Å². The Balaban J connectivity index is 2.00. The highest BCUT2D eigenvalue weighted by molar-refractivity contribution is 6.42. The number of rotatable bonds is 6. The van der Waals surface area contributed by atoms with Crippen molar-refractivity contribution in [3.8, 4) is 0 Å². The fourth-order valence-electron chi connectivity index (χ4n) is 2.37. The van der Waals surface area contributed by atoms with Crippen molar-refractivity contribution in [3.05, 3.63) is 63.6 Å². The van der Waals surface area contributed by atoms with Gasteiger partial charge in [0.1, 0.15) is 0 Å². The molecule has 0 atom stereocenters. The average Bonchev–Trinajstić information content (AvgIpc) is 2.60. The van der Waals surface area contributed by atoms with E-state index in [9.17, 15) is 14.4 Å². The molecule has 0 radical (unpaired) electrons. The van der Waals surface area contributed by atoms with Gasteiger partial charge in [-0.25, -0.2) is 0 Å². The van der Waals surface area contributed by atoms with E-state index in [1.54, 1.807) is 36.4 Å². The van der Waals surface area contributed by atoms with Crippen molar-refractivity contribution in [2.75, 3.05) is 18.0 Å². The van der Waals surface area contributed by atoms with Gasteiger partial charge in [0.05, 0.1) is 10.0 Å². The van der Waals surface area contributed by atoms with Gasteiger partial charge in [-0.2, -0.15) is 0 Å². The Morgan fingerprint density at radius 2 is 1.54 bits per heavy atom. The topological polar surface area (TPSA) is 66.5 Å². The number of hydrogen-bond donors (Lipinski definition) is 1. The van der Waals surface area contributed by atoms with Crippen LogP contribution in [0.5, 0.6) is 0 Å². The van der Waals surface area contributed by atoms with E-state index >= 15 is 0 Å². The van der Waals surface area contributed by atoms with Gasteiger partial charge in [0.15, 0.2) is 5.78 Å². The third-order valence-electron chi connectivity index (χ3n) is 3.77. The van der Waals surface area contributed by atoms with Gasteiger partial charge in [0.25, 0.3) is 5.91 Å². The van der Waals surface area contributed by atoms with Crippen LogP contribution in [0.4, 0.5) is 5.69 Å². The number of ketones is 1. The molecule has 0 bridgehead atoms. The molecular weight excluding hydrogens is 375 g/mol. The molecule has 0 heterocycles. The van der Waals surface area contributed by atoms with Crippen LogP contribution >= 0.6 is 23.2 Å². The van der Waals surface area contributed by atoms with Gasteiger partial charge in [0.2, 0.25) is 5.91 Å². The minimum atomic E-state index is -0.306. The van der Waals surface area contributed by atoms with Crippen LogP contribution in [0.15, 0.2) is 42.5 Å². The average molecular weight is 393 g/mol. The minimum Gasteiger partial charge on any atom is -0.350 e. The SMILES string of the molecule is CC(=O)c1ccc(N(CCNC(=O)c2ccc(Cl)c(Cl)c2)C(C)=O)cc1. The summed E-state index contributed by atoms with van der Waals surface area (Å²) < 4.78 is 0. The van der Waals surface area contributed by atoms with E-state index in [-0.39, 0.29) is 24.1 Å². The zero-order chi connectivity index (χ0) is 19.3. The zero-order valence-corrected chi connectivity index (χ0v) is 15.9. The first kappa shape index (κ1) is 19.9. The summed E-state index contributed by atoms with van der Waals surface area (Å²) in [5, 5.41) is 3.42. The zero-order valence-electron chi connectivity index (χ0n) is 14.4. The van der Waals surface area contributed by atoms with Gasteiger partial charge >= 0.3 is 0 Å². The van der Waals surface area contributed by atoms with Crippen molar-refractivity contribution < 1.29 is 14.4 Å². The molecule has 26 heavy (non-hydrogen) atoms. The number of amides is 2. The summed E-state index contributed by atoms with van der Waals surface area (Å²) in [5.41, 5.74) is 1.62. The lowest BCUT2D eigenvalue weighted by Crippen LogP contribution is -2.37. The van der Waals surface area contributed by atoms with Crippen molar-refractivity contribution >= 4 is 46.5 Å². The van der Waals surface area contributed by atoms with Crippen LogP contribution in [0.3, 0.4) is 0 Å². The number of nitrogens with one attached hydrogen (secondary N) is 1. The number of hydrogen-bond acceptors (Lipinski definition) is 3. The molecule has 0 aliphatic rings. The summed E-state index contributed by atoms with van der Waals surface area (Å²) >= 11 is 11.7. The Morgan fingerprint density at radius 3 is 2.08 bits per heavy atom. The lowest BCUT2D eigenvalue weighted by Gasteiger charge is -2.21. The molecule has 2 amide bonds. The molecule has 136 valence electrons. The second-order valence-corrected chi connectivity index (χ2v) is 6.47. The quantitative estimate of drug-likeness (QED) is 0.755. The molecule has 2 rings (SSSR count). The summed E-state index contributed by atoms with van der Waals surface area (Å²) in [7, 11) is 0. The van der Waals surface area contributed by atoms with E-state index in [0.29, 0.717) is 33.4 Å². The summed E-state index contributed by atoms with van der Waals surface area (Å²) in [4.78, 5) is 36.9. The Kier molecular flexibility index (Phi) is 6.77. The number of anilines is 1. The predicted molar refractivity (Wildman–Crippen MR) is 103 cm³/mol. The molecule has 0 aliphatic heterocycles. The summed E-state index contributed by atoms with van der Waals surface area (Å²) in [6.07, 6.45) is 0. The number of halogens is 2. The molecule has 7 heteroatoms. The maximum absolute atomic E-state index is 12.2. The van der Waals surface area contributed by atoms with Gasteiger partial charge in [-0.15, -0.1) is 0 Å². The number of carbonyl (C=O) groups is 3. The lowest BCUT2D eigenvalue weighted by atomic mass is 10.1. The number of nitrogens with zero attached hydrogens (tertiary/aromatic N) is 1. The third kappa shape index (κ3) is 5.07. The first-order valence-corrected chi connectivity index (χ1v) is 8.67. The number of Topliss-reactive ketones (excluding diaryl/α,β-unsaturated/α-hetero) is 1. The molecule has 1 N–H and O–H groups in total. The Morgan fingerprint density at radius 1 is 0.923 bits per heavy atom. The summed E-state index contributed by atoms with van der Waals surface area (Å²) in [6, 6.07) is 11.4. The Labute approximate surface area is 161 Å². The normalized spacial score (nSPS) is 10.3. The van der Waals surface area contributed by atoms with Gasteiger partial charge in [0, 0.05) is 36.8 Å². The van der Waals surface area contributed by atoms with Crippen LogP contribution in [0.1, 0.15) is 34.6 Å². The predicted octanol–water partition coefficient (Wildman–Crippen LogP) is 3.98. The molecule has 0 fully saturated rings. The molecular formula is C19H18Cl2N2O3. The molecule has 0 aliphatic carbocycles. The van der Waals surface area contributed by atoms with Crippen molar-refractivity contribution in [1.29, 1.82) is 0 Å². The van der Waals surface area contributed by atoms with Crippen molar-refractivity contribution in [2.24, 2.45) is 0 Å². The van der Waals surface area contributed by atoms with Gasteiger partial charge in [-0.05, 0) is 49.4 Å². The maximum Gasteiger partial charge on any atom is 0.251 e. The first-order chi connectivity index (χ1) is 12.3. The molecule has 2 aromatic carbocycles. The molecule has 2 aromatic rings. The van der Waals surface area contributed by atoms with Crippen LogP contribution in [-0.4, -0.2) is 30.7 Å². The molecule has 0 aromatic heterocycles. The van der Waals surface area contributed by atoms with Crippen LogP contribution < -0.4 is 10.2 Å². The fraction of sp³-hybridized carbons (Fsp3) is 0.211. The van der Waals surface area contributed by atoms with E-state index in [1.807, 2.05) is 0 Å². The van der Waals surface area contributed by atoms with E-state index < -0.39 is 0 Å². The first-order valence-electron chi connectivity index (χ1n) is 7.92. The second-order valence-electron chi connectivity index (χ2n) is 5.66. The maximum atomic E-state index is 12.2. The summed E-state index contributed by atoms with van der Waals surface area (Å²) in [5.74, 6) is -0.511. The van der Waals surface area contributed by atoms with E-state index in [0.717, 1.165) is 0 Å². The number of benzene rings is 2. The van der Waals surface area contributed by atoms with E-state index in [2.05, 4.69) is 5.32 Å². The monoisotopic (exact) mass is 392 g/mol. The minimum absolute atomic E-state index is 0.0418. The van der Waals surface area contributed by atoms with Crippen molar-refractivity contribution in [2.45, 2.75) is 13.8 Å². The number of carbonyl (C=O) groups excluding carboxylic acids is 3. The molecule has 0 saturated carbocycles. The standard InChI is InChI=1S/C19H18Cl2N2O3/c1-12(24)14-3-6-16(7-4-14)23(13(2)25)10-9-22-19(26)15-5-8-17(20)18(21)11-15/h3-8,11H,9-10H2,1-2H3,(H,22,26). The highest BCUT2D eigenvalue weighted by Gasteiger charge is 2.13. The highest BCUT2D eigenvalue weighted by atomic mass is 35.5. The van der Waals surface area contributed by atoms with Crippen LogP contribution in [0.2, 0.25) is 10.0 Å². The van der Waals surface area contributed by atoms with Gasteiger partial charge in [-0.1, -0.05) is 23.2 Å². The van der Waals surface area contributed by atoms with Crippen molar-refractivity contribution in [3.63, 3.8) is 0 Å². The molecule has 5 nitrogen and oxygen atoms in total. The highest BCUT2D eigenvalue weighted by Crippen LogP contribution is 2.22. The summed E-state index contributed by atoms with van der Waals surface area (Å²) in [6.45, 7) is 3.48. The third-order valence-corrected chi connectivity index (χ3v) is 4.51. The van der Waals surface area contributed by atoms with Crippen LogP contribution in [-0.2, 0) is 4.79 Å². The molecule has 0 unspecified atom stereocenters. The lowest BCUT2D eigenvalue weighted by molar-refractivity contribution is -0.116. The molecule has 0 spiro atoms. The van der Waals surface area contributed by atoms with Gasteiger partial charge in [-0.3, -0.25) is 14.4 Å². The van der Waals surface area contributed by atoms with Crippen LogP contribution in [0.25, 0.3) is 0 Å². The fourth-order valence-corrected chi connectivity index (χ4v) is 2.66. The van der Waals surface area contributed by atoms with Crippen molar-refractivity contribution in [1.82, 2.24) is 5.32 Å². The van der Waals surface area contributed by atoms with Crippen LogP contribution in [0, 0.1) is 0 Å².